The zero-order valence-electron chi connectivity index (χ0n) is 16.6. The van der Waals surface area contributed by atoms with E-state index in [9.17, 15) is 18.8 Å². The molecular weight excluding hydrogens is 377 g/mol. The van der Waals surface area contributed by atoms with E-state index in [4.69, 9.17) is 5.11 Å². The number of carboxylic acids is 1. The molecule has 2 amide bonds. The average Bonchev–Trinajstić information content (AvgIpc) is 2.68. The molecule has 0 aromatic heterocycles. The molecule has 1 aromatic carbocycles. The van der Waals surface area contributed by atoms with Gasteiger partial charge in [-0.1, -0.05) is 19.6 Å². The first-order chi connectivity index (χ1) is 13.7. The van der Waals surface area contributed by atoms with Gasteiger partial charge in [-0.2, -0.15) is 0 Å². The SMILES string of the molecule is C=C(C(=O)NC1=C(CC)CC(C(=O)O)C=C1)C(=O)Nc1c(C)cc(F)cc1NC. The molecule has 0 radical (unpaired) electrons. The smallest absolute Gasteiger partial charge is 0.310 e. The van der Waals surface area contributed by atoms with Crippen molar-refractivity contribution in [1.82, 2.24) is 5.32 Å². The Hall–Kier alpha value is -3.42. The summed E-state index contributed by atoms with van der Waals surface area (Å²) in [6.45, 7) is 7.04. The summed E-state index contributed by atoms with van der Waals surface area (Å²) in [6.07, 6.45) is 3.88. The van der Waals surface area contributed by atoms with Crippen LogP contribution >= 0.6 is 0 Å². The van der Waals surface area contributed by atoms with Crippen molar-refractivity contribution < 1.29 is 23.9 Å². The van der Waals surface area contributed by atoms with Crippen LogP contribution in [0.4, 0.5) is 15.8 Å². The predicted octanol–water partition coefficient (Wildman–Crippen LogP) is 3.11. The molecule has 1 aromatic rings. The number of carbonyl (C=O) groups is 3. The number of anilines is 2. The number of allylic oxidation sites excluding steroid dienone is 2. The normalized spacial score (nSPS) is 15.7. The molecule has 2 rings (SSSR count). The van der Waals surface area contributed by atoms with Gasteiger partial charge in [0.25, 0.3) is 11.8 Å². The van der Waals surface area contributed by atoms with Crippen LogP contribution in [-0.4, -0.2) is 29.9 Å². The molecule has 0 heterocycles. The van der Waals surface area contributed by atoms with Gasteiger partial charge >= 0.3 is 5.97 Å². The topological polar surface area (TPSA) is 108 Å². The molecule has 0 spiro atoms. The summed E-state index contributed by atoms with van der Waals surface area (Å²) in [5.74, 6) is -3.46. The minimum absolute atomic E-state index is 0.289. The Balaban J connectivity index is 2.13. The summed E-state index contributed by atoms with van der Waals surface area (Å²) in [7, 11) is 1.59. The Bertz CT molecular complexity index is 934. The maximum absolute atomic E-state index is 13.5. The van der Waals surface area contributed by atoms with E-state index in [1.165, 1.54) is 24.3 Å². The molecule has 1 atom stereocenters. The van der Waals surface area contributed by atoms with Crippen molar-refractivity contribution in [2.45, 2.75) is 26.7 Å². The van der Waals surface area contributed by atoms with E-state index in [2.05, 4.69) is 22.5 Å². The number of rotatable bonds is 7. The Morgan fingerprint density at radius 2 is 1.90 bits per heavy atom. The Labute approximate surface area is 168 Å². The van der Waals surface area contributed by atoms with Gasteiger partial charge in [-0.15, -0.1) is 0 Å². The van der Waals surface area contributed by atoms with E-state index in [-0.39, 0.29) is 12.0 Å². The molecule has 4 N–H and O–H groups in total. The van der Waals surface area contributed by atoms with Gasteiger partial charge in [-0.05, 0) is 49.1 Å². The number of carboxylic acid groups (broad SMARTS) is 1. The van der Waals surface area contributed by atoms with Crippen LogP contribution in [0.5, 0.6) is 0 Å². The summed E-state index contributed by atoms with van der Waals surface area (Å²) in [4.78, 5) is 36.1. The third-order valence-corrected chi connectivity index (χ3v) is 4.69. The first-order valence-corrected chi connectivity index (χ1v) is 9.10. The lowest BCUT2D eigenvalue weighted by Gasteiger charge is -2.20. The number of carbonyl (C=O) groups excluding carboxylic acids is 2. The summed E-state index contributed by atoms with van der Waals surface area (Å²) < 4.78 is 13.5. The summed E-state index contributed by atoms with van der Waals surface area (Å²) in [6, 6.07) is 2.50. The Kier molecular flexibility index (Phi) is 6.93. The molecule has 29 heavy (non-hydrogen) atoms. The molecule has 0 bridgehead atoms. The van der Waals surface area contributed by atoms with Crippen molar-refractivity contribution in [2.24, 2.45) is 5.92 Å². The summed E-state index contributed by atoms with van der Waals surface area (Å²) in [5, 5.41) is 17.1. The van der Waals surface area contributed by atoms with Crippen LogP contribution in [0.25, 0.3) is 0 Å². The van der Waals surface area contributed by atoms with E-state index in [1.54, 1.807) is 14.0 Å². The number of nitrogens with one attached hydrogen (secondary N) is 3. The highest BCUT2D eigenvalue weighted by Gasteiger charge is 2.24. The second-order valence-corrected chi connectivity index (χ2v) is 6.66. The number of aryl methyl sites for hydroxylation is 1. The van der Waals surface area contributed by atoms with E-state index in [0.29, 0.717) is 29.1 Å². The monoisotopic (exact) mass is 401 g/mol. The van der Waals surface area contributed by atoms with E-state index >= 15 is 0 Å². The molecule has 1 unspecified atom stereocenters. The molecule has 1 aliphatic rings. The second-order valence-electron chi connectivity index (χ2n) is 6.66. The van der Waals surface area contributed by atoms with Crippen LogP contribution in [0.1, 0.15) is 25.3 Å². The standard InChI is InChI=1S/C21H24FN3O4/c1-5-13-9-14(21(28)29)6-7-16(13)24-19(26)12(3)20(27)25-18-11(2)8-15(22)10-17(18)23-4/h6-8,10,14,23H,3,5,9H2,1-2,4H3,(H,24,26)(H,25,27)(H,28,29). The minimum atomic E-state index is -0.934. The lowest BCUT2D eigenvalue weighted by molar-refractivity contribution is -0.140. The molecular formula is C21H24FN3O4. The lowest BCUT2D eigenvalue weighted by atomic mass is 9.91. The summed E-state index contributed by atoms with van der Waals surface area (Å²) >= 11 is 0. The predicted molar refractivity (Wildman–Crippen MR) is 109 cm³/mol. The second kappa shape index (κ2) is 9.18. The maximum atomic E-state index is 13.5. The Morgan fingerprint density at radius 1 is 1.24 bits per heavy atom. The lowest BCUT2D eigenvalue weighted by Crippen LogP contribution is -2.31. The summed E-state index contributed by atoms with van der Waals surface area (Å²) in [5.41, 5.74) is 2.12. The third kappa shape index (κ3) is 5.10. The van der Waals surface area contributed by atoms with E-state index in [0.717, 1.165) is 5.57 Å². The number of hydrogen-bond acceptors (Lipinski definition) is 4. The fourth-order valence-corrected chi connectivity index (χ4v) is 3.00. The fourth-order valence-electron chi connectivity index (χ4n) is 3.00. The average molecular weight is 401 g/mol. The highest BCUT2D eigenvalue weighted by Crippen LogP contribution is 2.28. The van der Waals surface area contributed by atoms with Crippen molar-refractivity contribution in [2.75, 3.05) is 17.7 Å². The van der Waals surface area contributed by atoms with Crippen LogP contribution in [0, 0.1) is 18.7 Å². The fraction of sp³-hybridized carbons (Fsp3) is 0.286. The largest absolute Gasteiger partial charge is 0.481 e. The van der Waals surface area contributed by atoms with Gasteiger partial charge in [0.1, 0.15) is 5.82 Å². The van der Waals surface area contributed by atoms with Crippen LogP contribution in [0.15, 0.2) is 47.7 Å². The highest BCUT2D eigenvalue weighted by molar-refractivity contribution is 6.23. The molecule has 1 aliphatic carbocycles. The zero-order valence-corrected chi connectivity index (χ0v) is 16.6. The van der Waals surface area contributed by atoms with Gasteiger partial charge in [-0.25, -0.2) is 4.39 Å². The van der Waals surface area contributed by atoms with Gasteiger partial charge in [0.05, 0.1) is 22.9 Å². The maximum Gasteiger partial charge on any atom is 0.310 e. The van der Waals surface area contributed by atoms with Gasteiger partial charge in [0.15, 0.2) is 0 Å². The molecule has 0 saturated carbocycles. The van der Waals surface area contributed by atoms with Crippen molar-refractivity contribution >= 4 is 29.2 Å². The first kappa shape index (κ1) is 21.9. The van der Waals surface area contributed by atoms with Crippen LogP contribution in [0.3, 0.4) is 0 Å². The van der Waals surface area contributed by atoms with E-state index in [1.807, 2.05) is 6.92 Å². The molecule has 0 saturated heterocycles. The van der Waals surface area contributed by atoms with Crippen LogP contribution in [0.2, 0.25) is 0 Å². The number of hydrogen-bond donors (Lipinski definition) is 4. The van der Waals surface area contributed by atoms with Crippen molar-refractivity contribution in [3.05, 3.63) is 59.1 Å². The van der Waals surface area contributed by atoms with Gasteiger partial charge in [0, 0.05) is 12.7 Å². The number of amides is 2. The quantitative estimate of drug-likeness (QED) is 0.319. The van der Waals surface area contributed by atoms with Crippen molar-refractivity contribution in [3.63, 3.8) is 0 Å². The number of halogens is 1. The van der Waals surface area contributed by atoms with Gasteiger partial charge < -0.3 is 21.1 Å². The molecule has 0 aliphatic heterocycles. The minimum Gasteiger partial charge on any atom is -0.481 e. The Morgan fingerprint density at radius 3 is 2.48 bits per heavy atom. The third-order valence-electron chi connectivity index (χ3n) is 4.69. The zero-order chi connectivity index (χ0) is 21.7. The van der Waals surface area contributed by atoms with Crippen LogP contribution < -0.4 is 16.0 Å². The van der Waals surface area contributed by atoms with E-state index < -0.39 is 29.5 Å². The molecule has 7 nitrogen and oxygen atoms in total. The first-order valence-electron chi connectivity index (χ1n) is 9.10. The number of benzene rings is 1. The molecule has 0 fully saturated rings. The highest BCUT2D eigenvalue weighted by atomic mass is 19.1. The molecule has 154 valence electrons. The number of aliphatic carboxylic acids is 1. The van der Waals surface area contributed by atoms with Gasteiger partial charge in [-0.3, -0.25) is 14.4 Å². The van der Waals surface area contributed by atoms with Crippen molar-refractivity contribution in [1.29, 1.82) is 0 Å². The molecule has 8 heteroatoms. The van der Waals surface area contributed by atoms with Gasteiger partial charge in [0.2, 0.25) is 0 Å². The van der Waals surface area contributed by atoms with Crippen molar-refractivity contribution in [3.8, 4) is 0 Å². The van der Waals surface area contributed by atoms with Crippen LogP contribution in [-0.2, 0) is 14.4 Å².